The Kier molecular flexibility index (Phi) is 3.72. The van der Waals surface area contributed by atoms with E-state index in [0.29, 0.717) is 12.5 Å². The maximum Gasteiger partial charge on any atom is 0.219 e. The Morgan fingerprint density at radius 3 is 2.73 bits per heavy atom. The Labute approximate surface area is 90.3 Å². The highest BCUT2D eigenvalue weighted by atomic mass is 16.4. The predicted molar refractivity (Wildman–Crippen MR) is 57.5 cm³/mol. The third-order valence-corrected chi connectivity index (χ3v) is 3.03. The van der Waals surface area contributed by atoms with E-state index in [1.165, 1.54) is 32.1 Å². The lowest BCUT2D eigenvalue weighted by molar-refractivity contribution is 0.350. The van der Waals surface area contributed by atoms with Crippen LogP contribution in [0.25, 0.3) is 0 Å². The molecular formula is C11H19N3O. The normalized spacial score (nSPS) is 18.2. The van der Waals surface area contributed by atoms with E-state index in [2.05, 4.69) is 10.2 Å². The van der Waals surface area contributed by atoms with Gasteiger partial charge in [-0.05, 0) is 25.8 Å². The van der Waals surface area contributed by atoms with Crippen molar-refractivity contribution in [1.29, 1.82) is 0 Å². The van der Waals surface area contributed by atoms with E-state index in [1.807, 2.05) is 0 Å². The van der Waals surface area contributed by atoms with Gasteiger partial charge in [-0.25, -0.2) is 0 Å². The highest BCUT2D eigenvalue weighted by molar-refractivity contribution is 4.93. The van der Waals surface area contributed by atoms with Crippen molar-refractivity contribution in [2.75, 3.05) is 6.54 Å². The number of aryl methyl sites for hydroxylation is 1. The number of hydrogen-bond donors (Lipinski definition) is 1. The van der Waals surface area contributed by atoms with Gasteiger partial charge in [0, 0.05) is 12.3 Å². The summed E-state index contributed by atoms with van der Waals surface area (Å²) in [4.78, 5) is 0. The molecule has 15 heavy (non-hydrogen) atoms. The van der Waals surface area contributed by atoms with Crippen molar-refractivity contribution in [2.45, 2.75) is 50.9 Å². The maximum atomic E-state index is 5.65. The molecule has 0 spiro atoms. The maximum absolute atomic E-state index is 5.65. The van der Waals surface area contributed by atoms with Gasteiger partial charge in [-0.3, -0.25) is 0 Å². The van der Waals surface area contributed by atoms with Crippen molar-refractivity contribution in [3.8, 4) is 0 Å². The first-order valence-electron chi connectivity index (χ1n) is 5.92. The second-order valence-electron chi connectivity index (χ2n) is 4.26. The zero-order valence-electron chi connectivity index (χ0n) is 9.11. The van der Waals surface area contributed by atoms with Crippen molar-refractivity contribution in [3.63, 3.8) is 0 Å². The number of nitrogens with zero attached hydrogens (tertiary/aromatic N) is 2. The molecule has 0 atom stereocenters. The van der Waals surface area contributed by atoms with Gasteiger partial charge in [0.25, 0.3) is 0 Å². The Balaban J connectivity index is 1.93. The van der Waals surface area contributed by atoms with Crippen LogP contribution in [-0.2, 0) is 6.42 Å². The minimum atomic E-state index is 0.512. The zero-order valence-corrected chi connectivity index (χ0v) is 9.11. The number of nitrogens with two attached hydrogens (primary N) is 1. The van der Waals surface area contributed by atoms with Crippen LogP contribution in [0.4, 0.5) is 0 Å². The Hall–Kier alpha value is -0.900. The van der Waals surface area contributed by atoms with Crippen LogP contribution in [0.1, 0.15) is 56.2 Å². The summed E-state index contributed by atoms with van der Waals surface area (Å²) in [7, 11) is 0. The number of aromatic nitrogens is 2. The van der Waals surface area contributed by atoms with Crippen LogP contribution in [0.2, 0.25) is 0 Å². The van der Waals surface area contributed by atoms with Crippen LogP contribution >= 0.6 is 0 Å². The highest BCUT2D eigenvalue weighted by Crippen LogP contribution is 2.31. The molecule has 2 rings (SSSR count). The summed E-state index contributed by atoms with van der Waals surface area (Å²) in [6.45, 7) is 0.682. The molecular weight excluding hydrogens is 190 g/mol. The summed E-state index contributed by atoms with van der Waals surface area (Å²) in [5, 5.41) is 8.19. The second-order valence-corrected chi connectivity index (χ2v) is 4.26. The molecule has 1 aromatic rings. The van der Waals surface area contributed by atoms with Gasteiger partial charge in [0.15, 0.2) is 0 Å². The van der Waals surface area contributed by atoms with Crippen LogP contribution in [0.3, 0.4) is 0 Å². The summed E-state index contributed by atoms with van der Waals surface area (Å²) in [6.07, 6.45) is 8.10. The monoisotopic (exact) mass is 209 g/mol. The molecule has 4 heteroatoms. The molecule has 84 valence electrons. The Bertz CT molecular complexity index is 292. The molecule has 4 nitrogen and oxygen atoms in total. The second kappa shape index (κ2) is 5.26. The molecule has 1 aromatic heterocycles. The Morgan fingerprint density at radius 2 is 2.00 bits per heavy atom. The van der Waals surface area contributed by atoms with Crippen LogP contribution < -0.4 is 5.73 Å². The van der Waals surface area contributed by atoms with E-state index < -0.39 is 0 Å². The molecule has 0 aromatic carbocycles. The fourth-order valence-electron chi connectivity index (χ4n) is 2.14. The third-order valence-electron chi connectivity index (χ3n) is 3.03. The standard InChI is InChI=1S/C11H19N3O/c12-8-4-7-10-13-14-11(15-10)9-5-2-1-3-6-9/h9H,1-8,12H2. The first-order chi connectivity index (χ1) is 7.40. The van der Waals surface area contributed by atoms with Crippen molar-refractivity contribution < 1.29 is 4.42 Å². The van der Waals surface area contributed by atoms with Gasteiger partial charge < -0.3 is 10.2 Å². The first-order valence-corrected chi connectivity index (χ1v) is 5.92. The molecule has 0 saturated heterocycles. The lowest BCUT2D eigenvalue weighted by Crippen LogP contribution is -2.04. The Morgan fingerprint density at radius 1 is 1.20 bits per heavy atom. The first kappa shape index (κ1) is 10.6. The minimum absolute atomic E-state index is 0.512. The molecule has 0 unspecified atom stereocenters. The zero-order chi connectivity index (χ0) is 10.5. The molecule has 0 amide bonds. The van der Waals surface area contributed by atoms with Crippen LogP contribution in [0, 0.1) is 0 Å². The lowest BCUT2D eigenvalue weighted by atomic mass is 9.89. The fourth-order valence-corrected chi connectivity index (χ4v) is 2.14. The van der Waals surface area contributed by atoms with Gasteiger partial charge in [-0.2, -0.15) is 0 Å². The molecule has 1 fully saturated rings. The van der Waals surface area contributed by atoms with E-state index in [4.69, 9.17) is 10.2 Å². The van der Waals surface area contributed by atoms with Crippen molar-refractivity contribution in [3.05, 3.63) is 11.8 Å². The highest BCUT2D eigenvalue weighted by Gasteiger charge is 2.20. The number of rotatable bonds is 4. The molecule has 0 bridgehead atoms. The van der Waals surface area contributed by atoms with Crippen LogP contribution in [0.5, 0.6) is 0 Å². The molecule has 1 saturated carbocycles. The molecule has 0 radical (unpaired) electrons. The van der Waals surface area contributed by atoms with Crippen molar-refractivity contribution >= 4 is 0 Å². The smallest absolute Gasteiger partial charge is 0.219 e. The van der Waals surface area contributed by atoms with Gasteiger partial charge in [-0.1, -0.05) is 19.3 Å². The largest absolute Gasteiger partial charge is 0.425 e. The summed E-state index contributed by atoms with van der Waals surface area (Å²) in [5.41, 5.74) is 5.44. The van der Waals surface area contributed by atoms with Gasteiger partial charge >= 0.3 is 0 Å². The molecule has 0 aliphatic heterocycles. The number of hydrogen-bond acceptors (Lipinski definition) is 4. The summed E-state index contributed by atoms with van der Waals surface area (Å²) >= 11 is 0. The minimum Gasteiger partial charge on any atom is -0.425 e. The van der Waals surface area contributed by atoms with E-state index in [9.17, 15) is 0 Å². The van der Waals surface area contributed by atoms with Gasteiger partial charge in [0.2, 0.25) is 11.8 Å². The molecule has 2 N–H and O–H groups in total. The summed E-state index contributed by atoms with van der Waals surface area (Å²) in [6, 6.07) is 0. The summed E-state index contributed by atoms with van der Waals surface area (Å²) in [5.74, 6) is 2.11. The molecule has 1 heterocycles. The van der Waals surface area contributed by atoms with E-state index in [-0.39, 0.29) is 0 Å². The topological polar surface area (TPSA) is 64.9 Å². The fraction of sp³-hybridized carbons (Fsp3) is 0.818. The average Bonchev–Trinajstić information content (AvgIpc) is 2.76. The van der Waals surface area contributed by atoms with E-state index >= 15 is 0 Å². The van der Waals surface area contributed by atoms with Gasteiger partial charge in [0.05, 0.1) is 0 Å². The summed E-state index contributed by atoms with van der Waals surface area (Å²) < 4.78 is 5.65. The van der Waals surface area contributed by atoms with Gasteiger partial charge in [0.1, 0.15) is 0 Å². The SMILES string of the molecule is NCCCc1nnc(C2CCCCC2)o1. The van der Waals surface area contributed by atoms with Crippen LogP contribution in [-0.4, -0.2) is 16.7 Å². The predicted octanol–water partition coefficient (Wildman–Crippen LogP) is 2.01. The lowest BCUT2D eigenvalue weighted by Gasteiger charge is -2.17. The third kappa shape index (κ3) is 2.78. The van der Waals surface area contributed by atoms with Crippen LogP contribution in [0.15, 0.2) is 4.42 Å². The molecule has 1 aliphatic carbocycles. The van der Waals surface area contributed by atoms with Crippen molar-refractivity contribution in [1.82, 2.24) is 10.2 Å². The van der Waals surface area contributed by atoms with E-state index in [0.717, 1.165) is 24.6 Å². The van der Waals surface area contributed by atoms with Crippen molar-refractivity contribution in [2.24, 2.45) is 5.73 Å². The average molecular weight is 209 g/mol. The van der Waals surface area contributed by atoms with Gasteiger partial charge in [-0.15, -0.1) is 10.2 Å². The molecule has 1 aliphatic rings. The quantitative estimate of drug-likeness (QED) is 0.823. The van der Waals surface area contributed by atoms with E-state index in [1.54, 1.807) is 0 Å².